The normalized spacial score (nSPS) is 10.9. The molecule has 0 fully saturated rings. The molecule has 1 aromatic rings. The summed E-state index contributed by atoms with van der Waals surface area (Å²) in [5.41, 5.74) is 5.49. The lowest BCUT2D eigenvalue weighted by molar-refractivity contribution is 0.152. The zero-order chi connectivity index (χ0) is 14.3. The molecule has 0 radical (unpaired) electrons. The first-order valence-corrected chi connectivity index (χ1v) is 6.21. The molecule has 1 amide bonds. The second kappa shape index (κ2) is 7.58. The Kier molecular flexibility index (Phi) is 6.08. The maximum atomic E-state index is 11.1. The van der Waals surface area contributed by atoms with Gasteiger partial charge in [-0.25, -0.2) is 10.2 Å². The first-order chi connectivity index (χ1) is 9.10. The summed E-state index contributed by atoms with van der Waals surface area (Å²) in [6, 6.07) is 2.02. The Morgan fingerprint density at radius 3 is 2.89 bits per heavy atom. The van der Waals surface area contributed by atoms with Crippen molar-refractivity contribution in [3.8, 4) is 0 Å². The van der Waals surface area contributed by atoms with Crippen LogP contribution in [0, 0.1) is 13.8 Å². The lowest BCUT2D eigenvalue weighted by Crippen LogP contribution is -2.18. The van der Waals surface area contributed by atoms with Crippen molar-refractivity contribution < 1.29 is 14.3 Å². The van der Waals surface area contributed by atoms with Gasteiger partial charge in [-0.2, -0.15) is 5.10 Å². The summed E-state index contributed by atoms with van der Waals surface area (Å²) in [6.45, 7) is 7.56. The van der Waals surface area contributed by atoms with Crippen LogP contribution in [-0.2, 0) is 16.0 Å². The first-order valence-electron chi connectivity index (χ1n) is 6.21. The molecule has 19 heavy (non-hydrogen) atoms. The van der Waals surface area contributed by atoms with Gasteiger partial charge in [0.1, 0.15) is 0 Å². The van der Waals surface area contributed by atoms with E-state index in [1.54, 1.807) is 20.2 Å². The van der Waals surface area contributed by atoms with E-state index in [-0.39, 0.29) is 0 Å². The fourth-order valence-corrected chi connectivity index (χ4v) is 1.80. The standard InChI is InChI=1S/C13H21N3O3/c1-5-19-13(17)15-14-9-12-8-10(2)16(11(12)3)6-7-18-4/h8-9H,5-7H2,1-4H3,(H,15,17)/b14-9+. The molecule has 1 aromatic heterocycles. The van der Waals surface area contributed by atoms with Gasteiger partial charge in [0.15, 0.2) is 0 Å². The summed E-state index contributed by atoms with van der Waals surface area (Å²) in [5.74, 6) is 0. The lowest BCUT2D eigenvalue weighted by Gasteiger charge is -2.08. The summed E-state index contributed by atoms with van der Waals surface area (Å²) < 4.78 is 11.9. The van der Waals surface area contributed by atoms with Crippen molar-refractivity contribution in [2.45, 2.75) is 27.3 Å². The molecule has 0 saturated heterocycles. The van der Waals surface area contributed by atoms with Gasteiger partial charge in [-0.05, 0) is 26.8 Å². The molecule has 6 heteroatoms. The second-order valence-corrected chi connectivity index (χ2v) is 4.06. The Hall–Kier alpha value is -1.82. The summed E-state index contributed by atoms with van der Waals surface area (Å²) in [6.07, 6.45) is 1.06. The SMILES string of the molecule is CCOC(=O)N/N=C/c1cc(C)n(CCOC)c1C. The topological polar surface area (TPSA) is 64.8 Å². The molecular weight excluding hydrogens is 246 g/mol. The van der Waals surface area contributed by atoms with E-state index < -0.39 is 6.09 Å². The molecule has 1 heterocycles. The Balaban J connectivity index is 2.68. The van der Waals surface area contributed by atoms with Gasteiger partial charge in [-0.15, -0.1) is 0 Å². The van der Waals surface area contributed by atoms with Crippen molar-refractivity contribution in [3.05, 3.63) is 23.0 Å². The average Bonchev–Trinajstić information content (AvgIpc) is 2.63. The summed E-state index contributed by atoms with van der Waals surface area (Å²) in [7, 11) is 1.68. The summed E-state index contributed by atoms with van der Waals surface area (Å²) in [4.78, 5) is 11.1. The van der Waals surface area contributed by atoms with Gasteiger partial charge < -0.3 is 14.0 Å². The van der Waals surface area contributed by atoms with Crippen LogP contribution in [0.4, 0.5) is 4.79 Å². The van der Waals surface area contributed by atoms with E-state index in [0.717, 1.165) is 23.5 Å². The molecule has 0 aromatic carbocycles. The van der Waals surface area contributed by atoms with Crippen LogP contribution in [0.3, 0.4) is 0 Å². The van der Waals surface area contributed by atoms with Gasteiger partial charge in [0.05, 0.1) is 19.4 Å². The predicted molar refractivity (Wildman–Crippen MR) is 73.5 cm³/mol. The minimum Gasteiger partial charge on any atom is -0.449 e. The van der Waals surface area contributed by atoms with Crippen LogP contribution in [0.15, 0.2) is 11.2 Å². The highest BCUT2D eigenvalue weighted by atomic mass is 16.5. The molecule has 0 saturated carbocycles. The minimum atomic E-state index is -0.549. The van der Waals surface area contributed by atoms with Crippen LogP contribution >= 0.6 is 0 Å². The Labute approximate surface area is 113 Å². The maximum Gasteiger partial charge on any atom is 0.427 e. The van der Waals surface area contributed by atoms with Crippen LogP contribution in [-0.4, -0.2) is 37.2 Å². The van der Waals surface area contributed by atoms with E-state index >= 15 is 0 Å². The molecule has 0 atom stereocenters. The minimum absolute atomic E-state index is 0.326. The summed E-state index contributed by atoms with van der Waals surface area (Å²) >= 11 is 0. The van der Waals surface area contributed by atoms with Gasteiger partial charge in [0.2, 0.25) is 0 Å². The highest BCUT2D eigenvalue weighted by molar-refractivity contribution is 5.82. The number of nitrogens with zero attached hydrogens (tertiary/aromatic N) is 2. The zero-order valence-corrected chi connectivity index (χ0v) is 11.9. The number of amides is 1. The Bertz CT molecular complexity index is 452. The number of aryl methyl sites for hydroxylation is 1. The number of carbonyl (C=O) groups excluding carboxylic acids is 1. The smallest absolute Gasteiger partial charge is 0.427 e. The van der Waals surface area contributed by atoms with E-state index in [1.165, 1.54) is 0 Å². The third-order valence-corrected chi connectivity index (χ3v) is 2.77. The zero-order valence-electron chi connectivity index (χ0n) is 11.9. The highest BCUT2D eigenvalue weighted by Crippen LogP contribution is 2.12. The van der Waals surface area contributed by atoms with Crippen molar-refractivity contribution in [1.82, 2.24) is 9.99 Å². The number of carbonyl (C=O) groups is 1. The number of hydrazone groups is 1. The predicted octanol–water partition coefficient (Wildman–Crippen LogP) is 1.83. The van der Waals surface area contributed by atoms with Crippen LogP contribution in [0.25, 0.3) is 0 Å². The molecule has 106 valence electrons. The van der Waals surface area contributed by atoms with Gasteiger partial charge >= 0.3 is 6.09 Å². The fraction of sp³-hybridized carbons (Fsp3) is 0.538. The van der Waals surface area contributed by atoms with Crippen molar-refractivity contribution in [2.75, 3.05) is 20.3 Å². The monoisotopic (exact) mass is 267 g/mol. The van der Waals surface area contributed by atoms with Gasteiger partial charge in [-0.3, -0.25) is 0 Å². The van der Waals surface area contributed by atoms with Crippen molar-refractivity contribution >= 4 is 12.3 Å². The number of hydrogen-bond acceptors (Lipinski definition) is 4. The van der Waals surface area contributed by atoms with Gasteiger partial charge in [0.25, 0.3) is 0 Å². The molecule has 6 nitrogen and oxygen atoms in total. The van der Waals surface area contributed by atoms with Crippen LogP contribution in [0.1, 0.15) is 23.9 Å². The Morgan fingerprint density at radius 2 is 2.26 bits per heavy atom. The molecule has 0 spiro atoms. The average molecular weight is 267 g/mol. The molecule has 1 rings (SSSR count). The molecule has 1 N–H and O–H groups in total. The molecule has 0 bridgehead atoms. The first kappa shape index (κ1) is 15.2. The fourth-order valence-electron chi connectivity index (χ4n) is 1.80. The number of hydrogen-bond donors (Lipinski definition) is 1. The molecule has 0 unspecified atom stereocenters. The van der Waals surface area contributed by atoms with E-state index in [0.29, 0.717) is 13.2 Å². The van der Waals surface area contributed by atoms with E-state index in [9.17, 15) is 4.79 Å². The molecule has 0 aliphatic rings. The number of rotatable bonds is 6. The van der Waals surface area contributed by atoms with Crippen molar-refractivity contribution in [3.63, 3.8) is 0 Å². The van der Waals surface area contributed by atoms with E-state index in [4.69, 9.17) is 9.47 Å². The van der Waals surface area contributed by atoms with E-state index in [2.05, 4.69) is 15.1 Å². The van der Waals surface area contributed by atoms with Gasteiger partial charge in [-0.1, -0.05) is 0 Å². The summed E-state index contributed by atoms with van der Waals surface area (Å²) in [5, 5.41) is 3.86. The van der Waals surface area contributed by atoms with Crippen molar-refractivity contribution in [2.24, 2.45) is 5.10 Å². The van der Waals surface area contributed by atoms with E-state index in [1.807, 2.05) is 19.9 Å². The Morgan fingerprint density at radius 1 is 1.53 bits per heavy atom. The maximum absolute atomic E-state index is 11.1. The van der Waals surface area contributed by atoms with Crippen LogP contribution < -0.4 is 5.43 Å². The van der Waals surface area contributed by atoms with Gasteiger partial charge in [0, 0.05) is 30.6 Å². The highest BCUT2D eigenvalue weighted by Gasteiger charge is 2.07. The number of nitrogens with one attached hydrogen (secondary N) is 1. The number of ether oxygens (including phenoxy) is 2. The van der Waals surface area contributed by atoms with Crippen LogP contribution in [0.5, 0.6) is 0 Å². The largest absolute Gasteiger partial charge is 0.449 e. The second-order valence-electron chi connectivity index (χ2n) is 4.06. The van der Waals surface area contributed by atoms with Crippen molar-refractivity contribution in [1.29, 1.82) is 0 Å². The number of methoxy groups -OCH3 is 1. The lowest BCUT2D eigenvalue weighted by atomic mass is 10.3. The number of aromatic nitrogens is 1. The third kappa shape index (κ3) is 4.40. The quantitative estimate of drug-likeness (QED) is 0.631. The molecule has 0 aliphatic heterocycles. The molecular formula is C13H21N3O3. The molecule has 0 aliphatic carbocycles. The van der Waals surface area contributed by atoms with Crippen LogP contribution in [0.2, 0.25) is 0 Å². The third-order valence-electron chi connectivity index (χ3n) is 2.77.